The molecule has 2 aromatic heterocycles. The zero-order valence-electron chi connectivity index (χ0n) is 19.3. The number of pyridine rings is 2. The van der Waals surface area contributed by atoms with Gasteiger partial charge in [0.05, 0.1) is 0 Å². The fraction of sp³-hybridized carbons (Fsp3) is 0.444. The molecule has 1 saturated carbocycles. The Morgan fingerprint density at radius 1 is 1.30 bits per heavy atom. The van der Waals surface area contributed by atoms with Crippen molar-refractivity contribution >= 4 is 5.69 Å². The minimum absolute atomic E-state index is 0.00104. The van der Waals surface area contributed by atoms with Crippen LogP contribution in [0.2, 0.25) is 0 Å². The Labute approximate surface area is 195 Å². The van der Waals surface area contributed by atoms with E-state index in [1.165, 1.54) is 18.4 Å². The summed E-state index contributed by atoms with van der Waals surface area (Å²) in [7, 11) is 1.88. The molecule has 2 fully saturated rings. The molecule has 33 heavy (non-hydrogen) atoms. The van der Waals surface area contributed by atoms with E-state index in [2.05, 4.69) is 46.8 Å². The Morgan fingerprint density at radius 2 is 2.15 bits per heavy atom. The van der Waals surface area contributed by atoms with Gasteiger partial charge in [0, 0.05) is 42.5 Å². The van der Waals surface area contributed by atoms with Crippen molar-refractivity contribution in [1.29, 1.82) is 5.26 Å². The van der Waals surface area contributed by atoms with Crippen molar-refractivity contribution in [1.82, 2.24) is 14.9 Å². The SMILES string of the molecule is CC1C=C(C2CC2)C=CC1c1c(-c2ccc(C#N)nc2)cc(NC[C@H]2CCNC2)c(=O)n1C. The van der Waals surface area contributed by atoms with Gasteiger partial charge in [-0.3, -0.25) is 4.79 Å². The predicted molar refractivity (Wildman–Crippen MR) is 131 cm³/mol. The molecule has 3 heterocycles. The molecule has 0 aromatic carbocycles. The summed E-state index contributed by atoms with van der Waals surface area (Å²) in [6.07, 6.45) is 12.3. The lowest BCUT2D eigenvalue weighted by molar-refractivity contribution is 0.580. The zero-order valence-corrected chi connectivity index (χ0v) is 19.3. The summed E-state index contributed by atoms with van der Waals surface area (Å²) in [6, 6.07) is 7.76. The number of anilines is 1. The van der Waals surface area contributed by atoms with Gasteiger partial charge in [0.1, 0.15) is 17.5 Å². The van der Waals surface area contributed by atoms with E-state index in [1.807, 2.05) is 23.7 Å². The first kappa shape index (κ1) is 21.7. The third-order valence-corrected chi connectivity index (χ3v) is 7.28. The van der Waals surface area contributed by atoms with Crippen molar-refractivity contribution in [3.8, 4) is 17.2 Å². The van der Waals surface area contributed by atoms with E-state index in [-0.39, 0.29) is 11.5 Å². The summed E-state index contributed by atoms with van der Waals surface area (Å²) in [5.41, 5.74) is 5.35. The predicted octanol–water partition coefficient (Wildman–Crippen LogP) is 3.97. The Kier molecular flexibility index (Phi) is 5.90. The quantitative estimate of drug-likeness (QED) is 0.709. The molecule has 2 unspecified atom stereocenters. The molecule has 6 heteroatoms. The lowest BCUT2D eigenvalue weighted by atomic mass is 9.81. The first-order chi connectivity index (χ1) is 16.0. The first-order valence-corrected chi connectivity index (χ1v) is 12.0. The Morgan fingerprint density at radius 3 is 2.79 bits per heavy atom. The van der Waals surface area contributed by atoms with Crippen molar-refractivity contribution in [2.75, 3.05) is 25.0 Å². The molecular weight excluding hydrogens is 410 g/mol. The minimum Gasteiger partial charge on any atom is -0.380 e. The topological polar surface area (TPSA) is 82.7 Å². The van der Waals surface area contributed by atoms with E-state index in [0.29, 0.717) is 29.1 Å². The molecule has 5 rings (SSSR count). The molecule has 2 N–H and O–H groups in total. The molecule has 1 saturated heterocycles. The molecule has 2 aliphatic carbocycles. The average Bonchev–Trinajstić information content (AvgIpc) is 3.56. The van der Waals surface area contributed by atoms with Crippen molar-refractivity contribution in [3.05, 3.63) is 69.9 Å². The van der Waals surface area contributed by atoms with Crippen LogP contribution in [0.15, 0.2) is 53.0 Å². The van der Waals surface area contributed by atoms with E-state index in [0.717, 1.165) is 42.9 Å². The van der Waals surface area contributed by atoms with Crippen LogP contribution < -0.4 is 16.2 Å². The van der Waals surface area contributed by atoms with Crippen LogP contribution in [-0.4, -0.2) is 29.2 Å². The van der Waals surface area contributed by atoms with Crippen LogP contribution in [0, 0.1) is 29.1 Å². The minimum atomic E-state index is -0.00104. The normalized spacial score (nSPS) is 24.4. The molecule has 0 spiro atoms. The molecule has 1 aliphatic heterocycles. The van der Waals surface area contributed by atoms with Gasteiger partial charge in [-0.05, 0) is 73.9 Å². The Bertz CT molecular complexity index is 1190. The third-order valence-electron chi connectivity index (χ3n) is 7.28. The smallest absolute Gasteiger partial charge is 0.273 e. The highest BCUT2D eigenvalue weighted by atomic mass is 16.1. The average molecular weight is 442 g/mol. The summed E-state index contributed by atoms with van der Waals surface area (Å²) >= 11 is 0. The fourth-order valence-electron chi connectivity index (χ4n) is 5.16. The maximum atomic E-state index is 13.4. The van der Waals surface area contributed by atoms with E-state index < -0.39 is 0 Å². The van der Waals surface area contributed by atoms with E-state index in [4.69, 9.17) is 0 Å². The van der Waals surface area contributed by atoms with E-state index >= 15 is 0 Å². The number of hydrogen-bond acceptors (Lipinski definition) is 5. The fourth-order valence-corrected chi connectivity index (χ4v) is 5.16. The number of allylic oxidation sites excluding steroid dienone is 4. The van der Waals surface area contributed by atoms with Crippen LogP contribution >= 0.6 is 0 Å². The van der Waals surface area contributed by atoms with Gasteiger partial charge in [-0.25, -0.2) is 4.98 Å². The number of aromatic nitrogens is 2. The summed E-state index contributed by atoms with van der Waals surface area (Å²) in [5, 5.41) is 16.0. The second kappa shape index (κ2) is 8.99. The molecule has 6 nitrogen and oxygen atoms in total. The maximum absolute atomic E-state index is 13.4. The standard InChI is InChI=1S/C27H31N5O/c1-17-11-20(19-3-4-19)6-8-23(17)26-24(21-5-7-22(13-28)30-16-21)12-25(27(33)32(26)2)31-15-18-9-10-29-14-18/h5-8,11-12,16-19,23,29,31H,3-4,9-10,14-15H2,1-2H3/t17?,18-,23?/m0/s1. The number of nitrogens with zero attached hydrogens (tertiary/aromatic N) is 3. The van der Waals surface area contributed by atoms with Gasteiger partial charge < -0.3 is 15.2 Å². The summed E-state index contributed by atoms with van der Waals surface area (Å²) in [4.78, 5) is 17.7. The molecule has 3 aliphatic rings. The number of nitriles is 1. The second-order valence-electron chi connectivity index (χ2n) is 9.69. The molecule has 0 bridgehead atoms. The number of rotatable bonds is 6. The van der Waals surface area contributed by atoms with Crippen molar-refractivity contribution < 1.29 is 0 Å². The summed E-state index contributed by atoms with van der Waals surface area (Å²) in [6.45, 7) is 5.03. The molecule has 0 amide bonds. The van der Waals surface area contributed by atoms with Crippen molar-refractivity contribution in [3.63, 3.8) is 0 Å². The summed E-state index contributed by atoms with van der Waals surface area (Å²) in [5.74, 6) is 1.64. The van der Waals surface area contributed by atoms with Crippen molar-refractivity contribution in [2.45, 2.75) is 32.1 Å². The van der Waals surface area contributed by atoms with E-state index in [1.54, 1.807) is 12.3 Å². The molecule has 170 valence electrons. The largest absolute Gasteiger partial charge is 0.380 e. The van der Waals surface area contributed by atoms with Crippen molar-refractivity contribution in [2.24, 2.45) is 24.8 Å². The van der Waals surface area contributed by atoms with Gasteiger partial charge in [0.15, 0.2) is 0 Å². The molecule has 2 aromatic rings. The highest BCUT2D eigenvalue weighted by Gasteiger charge is 2.31. The van der Waals surface area contributed by atoms with Gasteiger partial charge in [-0.2, -0.15) is 5.26 Å². The number of hydrogen-bond donors (Lipinski definition) is 2. The van der Waals surface area contributed by atoms with Crippen LogP contribution in [0.3, 0.4) is 0 Å². The molecule has 3 atom stereocenters. The Hall–Kier alpha value is -3.17. The Balaban J connectivity index is 1.56. The number of nitrogens with one attached hydrogen (secondary N) is 2. The highest BCUT2D eigenvalue weighted by molar-refractivity contribution is 5.71. The van der Waals surface area contributed by atoms with Crippen LogP contribution in [0.25, 0.3) is 11.1 Å². The van der Waals surface area contributed by atoms with Gasteiger partial charge >= 0.3 is 0 Å². The van der Waals surface area contributed by atoms with Crippen LogP contribution in [0.1, 0.15) is 43.5 Å². The van der Waals surface area contributed by atoms with Gasteiger partial charge in [0.2, 0.25) is 0 Å². The van der Waals surface area contributed by atoms with Gasteiger partial charge in [0.25, 0.3) is 5.56 Å². The van der Waals surface area contributed by atoms with Crippen LogP contribution in [-0.2, 0) is 7.05 Å². The molecule has 0 radical (unpaired) electrons. The first-order valence-electron chi connectivity index (χ1n) is 12.0. The second-order valence-corrected chi connectivity index (χ2v) is 9.69. The lowest BCUT2D eigenvalue weighted by Gasteiger charge is -2.28. The van der Waals surface area contributed by atoms with Gasteiger partial charge in [-0.15, -0.1) is 0 Å². The summed E-state index contributed by atoms with van der Waals surface area (Å²) < 4.78 is 1.81. The monoisotopic (exact) mass is 441 g/mol. The molecular formula is C27H31N5O. The zero-order chi connectivity index (χ0) is 22.9. The van der Waals surface area contributed by atoms with Crippen LogP contribution in [0.5, 0.6) is 0 Å². The van der Waals surface area contributed by atoms with E-state index in [9.17, 15) is 10.1 Å². The highest BCUT2D eigenvalue weighted by Crippen LogP contribution is 2.43. The lowest BCUT2D eigenvalue weighted by Crippen LogP contribution is -2.29. The van der Waals surface area contributed by atoms with Gasteiger partial charge in [-0.1, -0.05) is 25.2 Å². The third kappa shape index (κ3) is 4.38. The van der Waals surface area contributed by atoms with Crippen LogP contribution in [0.4, 0.5) is 5.69 Å². The maximum Gasteiger partial charge on any atom is 0.273 e.